The van der Waals surface area contributed by atoms with Gasteiger partial charge in [0, 0.05) is 12.6 Å². The molecule has 0 aromatic heterocycles. The van der Waals surface area contributed by atoms with Crippen molar-refractivity contribution in [3.63, 3.8) is 0 Å². The molecule has 0 radical (unpaired) electrons. The highest BCUT2D eigenvalue weighted by molar-refractivity contribution is 4.66. The zero-order valence-corrected chi connectivity index (χ0v) is 7.38. The van der Waals surface area contributed by atoms with Gasteiger partial charge in [0.05, 0.1) is 13.2 Å². The summed E-state index contributed by atoms with van der Waals surface area (Å²) in [4.78, 5) is 0. The van der Waals surface area contributed by atoms with Crippen LogP contribution in [0.3, 0.4) is 0 Å². The first-order valence-corrected chi connectivity index (χ1v) is 4.15. The molecule has 0 heterocycles. The molecule has 0 aromatic rings. The minimum Gasteiger partial charge on any atom is -0.395 e. The van der Waals surface area contributed by atoms with Crippen LogP contribution in [0.25, 0.3) is 0 Å². The summed E-state index contributed by atoms with van der Waals surface area (Å²) in [5, 5.41) is 20.4. The van der Waals surface area contributed by atoms with E-state index in [9.17, 15) is 0 Å². The van der Waals surface area contributed by atoms with Crippen LogP contribution >= 0.6 is 0 Å². The maximum Gasteiger partial charge on any atom is 0.0584 e. The van der Waals surface area contributed by atoms with E-state index in [1.54, 1.807) is 0 Å². The molecule has 0 rings (SSSR count). The van der Waals surface area contributed by atoms with Gasteiger partial charge < -0.3 is 15.5 Å². The lowest BCUT2D eigenvalue weighted by Crippen LogP contribution is -2.35. The number of hydrogen-bond donors (Lipinski definition) is 3. The second-order valence-electron chi connectivity index (χ2n) is 3.19. The standard InChI is InChI=1S/C8H19NO2/c1-7(2)5-8(6-11)9-3-4-10/h7-11H,3-6H2,1-2H3/t8-/m0/s1. The molecular weight excluding hydrogens is 142 g/mol. The topological polar surface area (TPSA) is 52.5 Å². The number of nitrogens with one attached hydrogen (secondary N) is 1. The van der Waals surface area contributed by atoms with Crippen molar-refractivity contribution < 1.29 is 10.2 Å². The zero-order chi connectivity index (χ0) is 8.69. The van der Waals surface area contributed by atoms with Crippen molar-refractivity contribution in [2.75, 3.05) is 19.8 Å². The maximum absolute atomic E-state index is 8.86. The number of aliphatic hydroxyl groups is 2. The number of rotatable bonds is 6. The average Bonchev–Trinajstić information content (AvgIpc) is 1.97. The molecule has 0 saturated heterocycles. The van der Waals surface area contributed by atoms with Gasteiger partial charge in [-0.2, -0.15) is 0 Å². The fourth-order valence-electron chi connectivity index (χ4n) is 1.06. The lowest BCUT2D eigenvalue weighted by Gasteiger charge is -2.17. The average molecular weight is 161 g/mol. The Kier molecular flexibility index (Phi) is 6.51. The van der Waals surface area contributed by atoms with E-state index in [2.05, 4.69) is 19.2 Å². The first-order chi connectivity index (χ1) is 5.20. The fraction of sp³-hybridized carbons (Fsp3) is 1.00. The molecule has 3 nitrogen and oxygen atoms in total. The Hall–Kier alpha value is -0.120. The first-order valence-electron chi connectivity index (χ1n) is 4.15. The molecule has 0 saturated carbocycles. The van der Waals surface area contributed by atoms with Gasteiger partial charge in [-0.05, 0) is 12.3 Å². The van der Waals surface area contributed by atoms with Crippen LogP contribution in [0, 0.1) is 5.92 Å². The molecule has 0 aromatic carbocycles. The molecule has 3 heteroatoms. The summed E-state index contributed by atoms with van der Waals surface area (Å²) in [6.45, 7) is 5.08. The van der Waals surface area contributed by atoms with E-state index in [4.69, 9.17) is 10.2 Å². The monoisotopic (exact) mass is 161 g/mol. The predicted octanol–water partition coefficient (Wildman–Crippen LogP) is -0.0247. The molecule has 0 fully saturated rings. The van der Waals surface area contributed by atoms with Crippen LogP contribution in [-0.4, -0.2) is 36.0 Å². The molecule has 0 aliphatic heterocycles. The Morgan fingerprint density at radius 2 is 1.91 bits per heavy atom. The molecule has 0 amide bonds. The van der Waals surface area contributed by atoms with Gasteiger partial charge >= 0.3 is 0 Å². The summed E-state index contributed by atoms with van der Waals surface area (Å²) in [7, 11) is 0. The van der Waals surface area contributed by atoms with E-state index < -0.39 is 0 Å². The van der Waals surface area contributed by atoms with Crippen molar-refractivity contribution in [2.45, 2.75) is 26.3 Å². The Morgan fingerprint density at radius 1 is 1.27 bits per heavy atom. The lowest BCUT2D eigenvalue weighted by molar-refractivity contribution is 0.210. The predicted molar refractivity (Wildman–Crippen MR) is 45.4 cm³/mol. The second kappa shape index (κ2) is 6.58. The van der Waals surface area contributed by atoms with Crippen molar-refractivity contribution >= 4 is 0 Å². The van der Waals surface area contributed by atoms with E-state index in [0.717, 1.165) is 6.42 Å². The third kappa shape index (κ3) is 6.28. The van der Waals surface area contributed by atoms with Gasteiger partial charge in [0.15, 0.2) is 0 Å². The molecule has 0 aliphatic carbocycles. The van der Waals surface area contributed by atoms with E-state index in [1.165, 1.54) is 0 Å². The maximum atomic E-state index is 8.86. The lowest BCUT2D eigenvalue weighted by atomic mass is 10.0. The van der Waals surface area contributed by atoms with Crippen LogP contribution in [0.4, 0.5) is 0 Å². The van der Waals surface area contributed by atoms with Crippen molar-refractivity contribution in [3.8, 4) is 0 Å². The Bertz CT molecular complexity index is 86.2. The summed E-state index contributed by atoms with van der Waals surface area (Å²) < 4.78 is 0. The smallest absolute Gasteiger partial charge is 0.0584 e. The van der Waals surface area contributed by atoms with Gasteiger partial charge in [0.25, 0.3) is 0 Å². The summed E-state index contributed by atoms with van der Waals surface area (Å²) in [5.74, 6) is 0.582. The molecule has 0 unspecified atom stereocenters. The van der Waals surface area contributed by atoms with Crippen molar-refractivity contribution in [3.05, 3.63) is 0 Å². The van der Waals surface area contributed by atoms with Crippen molar-refractivity contribution in [1.82, 2.24) is 5.32 Å². The van der Waals surface area contributed by atoms with Gasteiger partial charge in [-0.3, -0.25) is 0 Å². The molecule has 68 valence electrons. The largest absolute Gasteiger partial charge is 0.395 e. The van der Waals surface area contributed by atoms with E-state index in [-0.39, 0.29) is 19.3 Å². The minimum absolute atomic E-state index is 0.134. The normalized spacial score (nSPS) is 13.9. The molecule has 1 atom stereocenters. The van der Waals surface area contributed by atoms with Gasteiger partial charge in [0.2, 0.25) is 0 Å². The fourth-order valence-corrected chi connectivity index (χ4v) is 1.06. The van der Waals surface area contributed by atoms with E-state index in [1.807, 2.05) is 0 Å². The molecule has 11 heavy (non-hydrogen) atoms. The molecular formula is C8H19NO2. The quantitative estimate of drug-likeness (QED) is 0.513. The van der Waals surface area contributed by atoms with Gasteiger partial charge in [-0.25, -0.2) is 0 Å². The molecule has 0 spiro atoms. The van der Waals surface area contributed by atoms with Gasteiger partial charge in [0.1, 0.15) is 0 Å². The van der Waals surface area contributed by atoms with Gasteiger partial charge in [-0.1, -0.05) is 13.8 Å². The second-order valence-corrected chi connectivity index (χ2v) is 3.19. The minimum atomic E-state index is 0.134. The molecule has 0 bridgehead atoms. The summed E-state index contributed by atoms with van der Waals surface area (Å²) >= 11 is 0. The SMILES string of the molecule is CC(C)C[C@@H](CO)NCCO. The summed E-state index contributed by atoms with van der Waals surface area (Å²) in [5.41, 5.74) is 0. The van der Waals surface area contributed by atoms with Crippen molar-refractivity contribution in [1.29, 1.82) is 0 Å². The Morgan fingerprint density at radius 3 is 2.27 bits per heavy atom. The third-order valence-corrected chi connectivity index (χ3v) is 1.52. The van der Waals surface area contributed by atoms with Crippen LogP contribution in [0.1, 0.15) is 20.3 Å². The third-order valence-electron chi connectivity index (χ3n) is 1.52. The highest BCUT2D eigenvalue weighted by Crippen LogP contribution is 2.03. The number of aliphatic hydroxyl groups excluding tert-OH is 2. The van der Waals surface area contributed by atoms with Crippen LogP contribution in [0.15, 0.2) is 0 Å². The van der Waals surface area contributed by atoms with Crippen molar-refractivity contribution in [2.24, 2.45) is 5.92 Å². The molecule has 0 aliphatic rings. The summed E-state index contributed by atoms with van der Waals surface area (Å²) in [6, 6.07) is 0.141. The highest BCUT2D eigenvalue weighted by Gasteiger charge is 2.07. The molecule has 3 N–H and O–H groups in total. The van der Waals surface area contributed by atoms with Crippen LogP contribution < -0.4 is 5.32 Å². The Labute approximate surface area is 68.4 Å². The van der Waals surface area contributed by atoms with E-state index in [0.29, 0.717) is 12.5 Å². The zero-order valence-electron chi connectivity index (χ0n) is 7.38. The van der Waals surface area contributed by atoms with Gasteiger partial charge in [-0.15, -0.1) is 0 Å². The first kappa shape index (κ1) is 10.9. The highest BCUT2D eigenvalue weighted by atomic mass is 16.3. The number of hydrogen-bond acceptors (Lipinski definition) is 3. The summed E-state index contributed by atoms with van der Waals surface area (Å²) in [6.07, 6.45) is 0.955. The van der Waals surface area contributed by atoms with Crippen LogP contribution in [0.2, 0.25) is 0 Å². The Balaban J connectivity index is 3.41. The van der Waals surface area contributed by atoms with E-state index >= 15 is 0 Å². The van der Waals surface area contributed by atoms with Crippen LogP contribution in [-0.2, 0) is 0 Å². The van der Waals surface area contributed by atoms with Crippen LogP contribution in [0.5, 0.6) is 0 Å².